The van der Waals surface area contributed by atoms with E-state index in [4.69, 9.17) is 10.6 Å². The van der Waals surface area contributed by atoms with Gasteiger partial charge in [-0.2, -0.15) is 0 Å². The molecule has 0 radical (unpaired) electrons. The lowest BCUT2D eigenvalue weighted by molar-refractivity contribution is 0.186. The van der Waals surface area contributed by atoms with Crippen LogP contribution >= 0.6 is 0 Å². The Kier molecular flexibility index (Phi) is 3.38. The highest BCUT2D eigenvalue weighted by molar-refractivity contribution is 5.75. The molecule has 0 aliphatic carbocycles. The van der Waals surface area contributed by atoms with Crippen LogP contribution in [0.1, 0.15) is 26.2 Å². The first-order valence-corrected chi connectivity index (χ1v) is 5.61. The van der Waals surface area contributed by atoms with Crippen molar-refractivity contribution in [2.45, 2.75) is 26.2 Å². The van der Waals surface area contributed by atoms with Crippen LogP contribution in [0, 0.1) is 5.92 Å². The minimum absolute atomic E-state index is 0.681. The summed E-state index contributed by atoms with van der Waals surface area (Å²) in [5.41, 5.74) is 1.19. The molecule has 0 amide bonds. The molecule has 0 saturated carbocycles. The number of nitrogens with zero attached hydrogens (tertiary/aromatic N) is 2. The number of hydrogen-bond acceptors (Lipinski definition) is 4. The first-order chi connectivity index (χ1) is 7.24. The molecule has 2 N–H and O–H groups in total. The molecule has 4 heteroatoms. The Bertz CT molecular complexity index is 278. The Hall–Kier alpha value is -0.870. The van der Waals surface area contributed by atoms with Gasteiger partial charge in [-0.3, -0.25) is 5.84 Å². The molecule has 0 spiro atoms. The van der Waals surface area contributed by atoms with Gasteiger partial charge in [0.25, 0.3) is 0 Å². The minimum Gasteiger partial charge on any atom is -0.477 e. The van der Waals surface area contributed by atoms with Crippen LogP contribution < -0.4 is 5.84 Å². The first kappa shape index (κ1) is 10.6. The summed E-state index contributed by atoms with van der Waals surface area (Å²) in [6, 6.07) is 0. The zero-order valence-corrected chi connectivity index (χ0v) is 9.28. The second-order valence-corrected chi connectivity index (χ2v) is 4.32. The van der Waals surface area contributed by atoms with Crippen molar-refractivity contribution < 1.29 is 4.74 Å². The van der Waals surface area contributed by atoms with Crippen molar-refractivity contribution in [1.29, 1.82) is 0 Å². The van der Waals surface area contributed by atoms with E-state index in [0.717, 1.165) is 31.3 Å². The van der Waals surface area contributed by atoms with Crippen LogP contribution in [-0.4, -0.2) is 30.6 Å². The Morgan fingerprint density at radius 3 is 2.93 bits per heavy atom. The normalized spacial score (nSPS) is 24.4. The van der Waals surface area contributed by atoms with E-state index in [1.54, 1.807) is 0 Å². The maximum atomic E-state index is 5.72. The highest BCUT2D eigenvalue weighted by Crippen LogP contribution is 2.24. The van der Waals surface area contributed by atoms with E-state index in [9.17, 15) is 0 Å². The molecule has 2 aliphatic heterocycles. The number of nitrogens with two attached hydrogens (primary N) is 1. The van der Waals surface area contributed by atoms with Crippen molar-refractivity contribution in [3.05, 3.63) is 11.8 Å². The Morgan fingerprint density at radius 2 is 2.27 bits per heavy atom. The van der Waals surface area contributed by atoms with Gasteiger partial charge in [0.1, 0.15) is 6.61 Å². The van der Waals surface area contributed by atoms with Crippen molar-refractivity contribution >= 4 is 5.90 Å². The number of aliphatic imine (C=N–C) groups is 1. The lowest BCUT2D eigenvalue weighted by atomic mass is 9.93. The van der Waals surface area contributed by atoms with E-state index >= 15 is 0 Å². The van der Waals surface area contributed by atoms with Gasteiger partial charge < -0.3 is 4.74 Å². The average Bonchev–Trinajstić information content (AvgIpc) is 2.22. The van der Waals surface area contributed by atoms with Gasteiger partial charge in [-0.05, 0) is 31.3 Å². The van der Waals surface area contributed by atoms with Crippen LogP contribution in [0.15, 0.2) is 16.8 Å². The van der Waals surface area contributed by atoms with E-state index in [2.05, 4.69) is 11.1 Å². The van der Waals surface area contributed by atoms with Gasteiger partial charge in [-0.1, -0.05) is 0 Å². The summed E-state index contributed by atoms with van der Waals surface area (Å²) in [6.45, 7) is 4.62. The van der Waals surface area contributed by atoms with Crippen LogP contribution in [0.3, 0.4) is 0 Å². The van der Waals surface area contributed by atoms with Gasteiger partial charge in [0, 0.05) is 25.7 Å². The van der Waals surface area contributed by atoms with Crippen molar-refractivity contribution in [2.24, 2.45) is 16.8 Å². The predicted octanol–water partition coefficient (Wildman–Crippen LogP) is 1.29. The minimum atomic E-state index is 0.681. The summed E-state index contributed by atoms with van der Waals surface area (Å²) in [5.74, 6) is 7.26. The van der Waals surface area contributed by atoms with Gasteiger partial charge in [0.05, 0.1) is 0 Å². The van der Waals surface area contributed by atoms with E-state index < -0.39 is 0 Å². The fraction of sp³-hybridized carbons (Fsp3) is 0.727. The van der Waals surface area contributed by atoms with E-state index in [1.807, 2.05) is 11.9 Å². The Labute approximate surface area is 90.8 Å². The third-order valence-corrected chi connectivity index (χ3v) is 3.06. The standard InChI is InChI=1S/C11H19N3O/c1-9-13-11(4-7-15-9)8-10-2-5-14(12)6-3-10/h4,10H,2-3,5-8,12H2,1H3. The Balaban J connectivity index is 1.84. The zero-order valence-electron chi connectivity index (χ0n) is 9.28. The van der Waals surface area contributed by atoms with Crippen LogP contribution in [0.4, 0.5) is 0 Å². The molecular weight excluding hydrogens is 190 g/mol. The topological polar surface area (TPSA) is 50.8 Å². The van der Waals surface area contributed by atoms with E-state index in [1.165, 1.54) is 18.5 Å². The summed E-state index contributed by atoms with van der Waals surface area (Å²) < 4.78 is 5.26. The van der Waals surface area contributed by atoms with Crippen LogP contribution in [0.5, 0.6) is 0 Å². The van der Waals surface area contributed by atoms with Crippen molar-refractivity contribution in [3.8, 4) is 0 Å². The summed E-state index contributed by atoms with van der Waals surface area (Å²) in [7, 11) is 0. The predicted molar refractivity (Wildman–Crippen MR) is 60.2 cm³/mol. The highest BCUT2D eigenvalue weighted by atomic mass is 16.5. The summed E-state index contributed by atoms with van der Waals surface area (Å²) in [6.07, 6.45) is 5.53. The molecule has 0 aromatic rings. The number of hydrazine groups is 1. The lowest BCUT2D eigenvalue weighted by Crippen LogP contribution is -2.38. The van der Waals surface area contributed by atoms with Gasteiger partial charge in [0.2, 0.25) is 0 Å². The molecule has 0 aromatic heterocycles. The van der Waals surface area contributed by atoms with Gasteiger partial charge in [-0.15, -0.1) is 0 Å². The monoisotopic (exact) mass is 209 g/mol. The molecule has 2 aliphatic rings. The molecule has 0 unspecified atom stereocenters. The zero-order chi connectivity index (χ0) is 10.7. The molecule has 2 rings (SSSR count). The second kappa shape index (κ2) is 4.77. The van der Waals surface area contributed by atoms with Crippen LogP contribution in [-0.2, 0) is 4.74 Å². The number of piperidine rings is 1. The quantitative estimate of drug-likeness (QED) is 0.697. The maximum Gasteiger partial charge on any atom is 0.185 e. The molecule has 2 heterocycles. The Morgan fingerprint density at radius 1 is 1.53 bits per heavy atom. The number of hydrogen-bond donors (Lipinski definition) is 1. The van der Waals surface area contributed by atoms with Gasteiger partial charge in [0.15, 0.2) is 5.90 Å². The van der Waals surface area contributed by atoms with E-state index in [-0.39, 0.29) is 0 Å². The molecule has 0 atom stereocenters. The molecule has 0 aromatic carbocycles. The van der Waals surface area contributed by atoms with Gasteiger partial charge >= 0.3 is 0 Å². The van der Waals surface area contributed by atoms with Gasteiger partial charge in [-0.25, -0.2) is 10.0 Å². The maximum absolute atomic E-state index is 5.72. The average molecular weight is 209 g/mol. The summed E-state index contributed by atoms with van der Waals surface area (Å²) >= 11 is 0. The van der Waals surface area contributed by atoms with Crippen molar-refractivity contribution in [2.75, 3.05) is 19.7 Å². The highest BCUT2D eigenvalue weighted by Gasteiger charge is 2.18. The third kappa shape index (κ3) is 3.04. The molecule has 15 heavy (non-hydrogen) atoms. The number of ether oxygens (including phenoxy) is 1. The smallest absolute Gasteiger partial charge is 0.185 e. The second-order valence-electron chi connectivity index (χ2n) is 4.32. The first-order valence-electron chi connectivity index (χ1n) is 5.61. The largest absolute Gasteiger partial charge is 0.477 e. The molecule has 4 nitrogen and oxygen atoms in total. The number of rotatable bonds is 2. The van der Waals surface area contributed by atoms with Crippen molar-refractivity contribution in [1.82, 2.24) is 5.01 Å². The third-order valence-electron chi connectivity index (χ3n) is 3.06. The summed E-state index contributed by atoms with van der Waals surface area (Å²) in [4.78, 5) is 4.41. The van der Waals surface area contributed by atoms with Crippen LogP contribution in [0.25, 0.3) is 0 Å². The molecule has 0 bridgehead atoms. The number of allylic oxidation sites excluding steroid dienone is 1. The lowest BCUT2D eigenvalue weighted by Gasteiger charge is -2.28. The van der Waals surface area contributed by atoms with Crippen molar-refractivity contribution in [3.63, 3.8) is 0 Å². The molecular formula is C11H19N3O. The van der Waals surface area contributed by atoms with E-state index in [0.29, 0.717) is 6.61 Å². The molecule has 84 valence electrons. The fourth-order valence-electron chi connectivity index (χ4n) is 2.12. The SMILES string of the molecule is CC1=NC(CC2CCN(N)CC2)=CCO1. The fourth-order valence-corrected chi connectivity index (χ4v) is 2.12. The van der Waals surface area contributed by atoms with Crippen LogP contribution in [0.2, 0.25) is 0 Å². The summed E-state index contributed by atoms with van der Waals surface area (Å²) in [5, 5.41) is 1.91. The molecule has 1 fully saturated rings. The molecule has 1 saturated heterocycles.